The van der Waals surface area contributed by atoms with Crippen LogP contribution in [0.1, 0.15) is 55.5 Å². The van der Waals surface area contributed by atoms with E-state index in [0.717, 1.165) is 5.56 Å². The molecule has 2 unspecified atom stereocenters. The Balaban J connectivity index is 2.36. The molecule has 37 heavy (non-hydrogen) atoms. The number of fused-ring (bicyclic) bond motifs is 2. The predicted molar refractivity (Wildman–Crippen MR) is 142 cm³/mol. The SMILES string of the molecule is CC[C@H](C)[C@@H]1NC(=O)c2cccc(c2)CSCC(C(N)=O)NC(=O)CNC(=O)C(CCCCN)NC1=O. The van der Waals surface area contributed by atoms with E-state index in [1.807, 2.05) is 19.9 Å². The van der Waals surface area contributed by atoms with Crippen molar-refractivity contribution in [3.05, 3.63) is 35.4 Å². The van der Waals surface area contributed by atoms with Gasteiger partial charge in [0.25, 0.3) is 5.91 Å². The second kappa shape index (κ2) is 15.2. The van der Waals surface area contributed by atoms with Crippen molar-refractivity contribution in [3.63, 3.8) is 0 Å². The van der Waals surface area contributed by atoms with E-state index in [0.29, 0.717) is 43.5 Å². The van der Waals surface area contributed by atoms with Gasteiger partial charge in [-0.25, -0.2) is 0 Å². The average molecular weight is 535 g/mol. The summed E-state index contributed by atoms with van der Waals surface area (Å²) in [7, 11) is 0. The summed E-state index contributed by atoms with van der Waals surface area (Å²) < 4.78 is 0. The molecule has 0 saturated heterocycles. The van der Waals surface area contributed by atoms with E-state index >= 15 is 0 Å². The minimum absolute atomic E-state index is 0.197. The van der Waals surface area contributed by atoms with Crippen LogP contribution in [-0.4, -0.2) is 66.5 Å². The first kappa shape index (κ1) is 30.1. The predicted octanol–water partition coefficient (Wildman–Crippen LogP) is -0.222. The number of nitrogens with two attached hydrogens (primary N) is 2. The fourth-order valence-corrected chi connectivity index (χ4v) is 4.79. The summed E-state index contributed by atoms with van der Waals surface area (Å²) >= 11 is 1.37. The number of amides is 5. The summed E-state index contributed by atoms with van der Waals surface area (Å²) in [5, 5.41) is 10.6. The number of carbonyl (C=O) groups is 5. The van der Waals surface area contributed by atoms with Crippen molar-refractivity contribution >= 4 is 41.3 Å². The maximum absolute atomic E-state index is 13.3. The molecule has 12 heteroatoms. The Hall–Kier alpha value is -3.12. The lowest BCUT2D eigenvalue weighted by Crippen LogP contribution is -2.56. The van der Waals surface area contributed by atoms with Crippen LogP contribution in [-0.2, 0) is 24.9 Å². The van der Waals surface area contributed by atoms with Gasteiger partial charge in [0, 0.05) is 17.1 Å². The first-order valence-corrected chi connectivity index (χ1v) is 13.7. The molecule has 2 rings (SSSR count). The molecule has 1 aromatic rings. The van der Waals surface area contributed by atoms with Gasteiger partial charge in [-0.1, -0.05) is 32.4 Å². The molecular weight excluding hydrogens is 496 g/mol. The van der Waals surface area contributed by atoms with E-state index < -0.39 is 47.7 Å². The van der Waals surface area contributed by atoms with Crippen LogP contribution in [0.25, 0.3) is 0 Å². The van der Waals surface area contributed by atoms with Crippen LogP contribution in [0.5, 0.6) is 0 Å². The highest BCUT2D eigenvalue weighted by molar-refractivity contribution is 7.98. The van der Waals surface area contributed by atoms with E-state index in [4.69, 9.17) is 11.5 Å². The smallest absolute Gasteiger partial charge is 0.251 e. The number of rotatable bonds is 7. The van der Waals surface area contributed by atoms with Gasteiger partial charge in [-0.3, -0.25) is 24.0 Å². The van der Waals surface area contributed by atoms with E-state index in [1.54, 1.807) is 18.2 Å². The third kappa shape index (κ3) is 9.69. The third-order valence-corrected chi connectivity index (χ3v) is 7.31. The molecule has 1 aromatic carbocycles. The third-order valence-electron chi connectivity index (χ3n) is 6.21. The van der Waals surface area contributed by atoms with Gasteiger partial charge in [0.05, 0.1) is 6.54 Å². The van der Waals surface area contributed by atoms with Crippen LogP contribution in [0.15, 0.2) is 24.3 Å². The molecule has 0 radical (unpaired) electrons. The molecule has 1 aliphatic heterocycles. The molecule has 2 bridgehead atoms. The topological polar surface area (TPSA) is 186 Å². The van der Waals surface area contributed by atoms with Gasteiger partial charge in [0.2, 0.25) is 23.6 Å². The summed E-state index contributed by atoms with van der Waals surface area (Å²) in [4.78, 5) is 63.6. The lowest BCUT2D eigenvalue weighted by Gasteiger charge is -2.27. The first-order valence-electron chi connectivity index (χ1n) is 12.5. The van der Waals surface area contributed by atoms with Crippen molar-refractivity contribution in [2.24, 2.45) is 17.4 Å². The van der Waals surface area contributed by atoms with Gasteiger partial charge in [-0.15, -0.1) is 0 Å². The van der Waals surface area contributed by atoms with Crippen LogP contribution in [0.3, 0.4) is 0 Å². The quantitative estimate of drug-likeness (QED) is 0.261. The van der Waals surface area contributed by atoms with Gasteiger partial charge in [0.15, 0.2) is 0 Å². The summed E-state index contributed by atoms with van der Waals surface area (Å²) in [5.74, 6) is -2.21. The van der Waals surface area contributed by atoms with Crippen LogP contribution in [0, 0.1) is 5.92 Å². The standard InChI is InChI=1S/C25H38N6O5S/c1-3-15(2)21-25(36)30-18(9-4-5-10-26)24(35)28-12-20(32)29-19(22(27)33)14-37-13-16-7-6-8-17(11-16)23(34)31-21/h6-8,11,15,18-19,21H,3-5,9-10,12-14,26H2,1-2H3,(H2,27,33)(H,28,35)(H,29,32)(H,30,36)(H,31,34)/t15-,18?,19?,21-/m0/s1. The minimum Gasteiger partial charge on any atom is -0.368 e. The number of primary amides is 1. The lowest BCUT2D eigenvalue weighted by molar-refractivity contribution is -0.132. The molecule has 204 valence electrons. The van der Waals surface area contributed by atoms with Crippen molar-refractivity contribution < 1.29 is 24.0 Å². The number of hydrogen-bond acceptors (Lipinski definition) is 7. The molecule has 0 saturated carbocycles. The molecule has 1 heterocycles. The fourth-order valence-electron chi connectivity index (χ4n) is 3.78. The Morgan fingerprint density at radius 1 is 1.11 bits per heavy atom. The normalized spacial score (nSPS) is 22.9. The van der Waals surface area contributed by atoms with Crippen LogP contribution >= 0.6 is 11.8 Å². The fraction of sp³-hybridized carbons (Fsp3) is 0.560. The first-order chi connectivity index (χ1) is 17.7. The molecule has 11 nitrogen and oxygen atoms in total. The van der Waals surface area contributed by atoms with Crippen LogP contribution < -0.4 is 32.7 Å². The van der Waals surface area contributed by atoms with Gasteiger partial charge in [-0.05, 0) is 49.4 Å². The maximum Gasteiger partial charge on any atom is 0.251 e. The lowest BCUT2D eigenvalue weighted by atomic mass is 9.97. The van der Waals surface area contributed by atoms with Crippen molar-refractivity contribution in [1.29, 1.82) is 0 Å². The highest BCUT2D eigenvalue weighted by Crippen LogP contribution is 2.16. The summed E-state index contributed by atoms with van der Waals surface area (Å²) in [6, 6.07) is 4.24. The Kier molecular flexibility index (Phi) is 12.4. The number of thioether (sulfide) groups is 1. The second-order valence-corrected chi connectivity index (χ2v) is 10.2. The average Bonchev–Trinajstić information content (AvgIpc) is 2.88. The molecule has 4 atom stereocenters. The van der Waals surface area contributed by atoms with Gasteiger partial charge >= 0.3 is 0 Å². The Morgan fingerprint density at radius 3 is 2.54 bits per heavy atom. The molecule has 8 N–H and O–H groups in total. The van der Waals surface area contributed by atoms with Crippen LogP contribution in [0.2, 0.25) is 0 Å². The molecule has 1 aliphatic rings. The number of carbonyl (C=O) groups excluding carboxylic acids is 5. The monoisotopic (exact) mass is 534 g/mol. The summed E-state index contributed by atoms with van der Waals surface area (Å²) in [5.41, 5.74) is 12.2. The van der Waals surface area contributed by atoms with E-state index in [2.05, 4.69) is 21.3 Å². The second-order valence-electron chi connectivity index (χ2n) is 9.14. The Morgan fingerprint density at radius 2 is 1.86 bits per heavy atom. The molecular formula is C25H38N6O5S. The summed E-state index contributed by atoms with van der Waals surface area (Å²) in [6.45, 7) is 3.81. The van der Waals surface area contributed by atoms with Crippen molar-refractivity contribution in [3.8, 4) is 0 Å². The van der Waals surface area contributed by atoms with Crippen molar-refractivity contribution in [2.45, 2.75) is 63.4 Å². The Labute approximate surface area is 221 Å². The zero-order valence-corrected chi connectivity index (χ0v) is 22.2. The highest BCUT2D eigenvalue weighted by Gasteiger charge is 2.30. The Bertz CT molecular complexity index is 975. The maximum atomic E-state index is 13.3. The number of hydrogen-bond donors (Lipinski definition) is 6. The highest BCUT2D eigenvalue weighted by atomic mass is 32.2. The van der Waals surface area contributed by atoms with Crippen molar-refractivity contribution in [2.75, 3.05) is 18.8 Å². The van der Waals surface area contributed by atoms with Gasteiger partial charge in [0.1, 0.15) is 18.1 Å². The van der Waals surface area contributed by atoms with Crippen molar-refractivity contribution in [1.82, 2.24) is 21.3 Å². The molecule has 0 aromatic heterocycles. The molecule has 0 spiro atoms. The minimum atomic E-state index is -0.934. The number of benzene rings is 1. The molecule has 5 amide bonds. The zero-order valence-electron chi connectivity index (χ0n) is 21.4. The zero-order chi connectivity index (χ0) is 27.4. The number of nitrogens with one attached hydrogen (secondary N) is 4. The van der Waals surface area contributed by atoms with Gasteiger partial charge < -0.3 is 32.7 Å². The molecule has 0 fully saturated rings. The summed E-state index contributed by atoms with van der Waals surface area (Å²) in [6.07, 6.45) is 2.16. The molecule has 0 aliphatic carbocycles. The van der Waals surface area contributed by atoms with Gasteiger partial charge in [-0.2, -0.15) is 11.8 Å². The van der Waals surface area contributed by atoms with Crippen LogP contribution in [0.4, 0.5) is 0 Å². The van der Waals surface area contributed by atoms with E-state index in [-0.39, 0.29) is 18.2 Å². The van der Waals surface area contributed by atoms with E-state index in [1.165, 1.54) is 11.8 Å². The largest absolute Gasteiger partial charge is 0.368 e. The van der Waals surface area contributed by atoms with E-state index in [9.17, 15) is 24.0 Å². The number of unbranched alkanes of at least 4 members (excludes halogenated alkanes) is 1.